The molecule has 0 unspecified atom stereocenters. The number of H-pyrrole nitrogens is 1. The number of aryl methyl sites for hydroxylation is 1. The number of hydrogen-bond acceptors (Lipinski definition) is 2. The van der Waals surface area contributed by atoms with Crippen molar-refractivity contribution >= 4 is 6.08 Å². The molecule has 3 nitrogen and oxygen atoms in total. The largest absolute Gasteiger partial charge is 0.377 e. The van der Waals surface area contributed by atoms with Crippen molar-refractivity contribution in [3.05, 3.63) is 60.2 Å². The van der Waals surface area contributed by atoms with Gasteiger partial charge in [0.05, 0.1) is 6.61 Å². The Morgan fingerprint density at radius 3 is 2.15 bits per heavy atom. The normalized spacial score (nSPS) is 10.9. The molecular formula is C23H34N2O. The molecule has 2 aromatic rings. The lowest BCUT2D eigenvalue weighted by Crippen LogP contribution is -1.95. The number of aromatic nitrogens is 2. The van der Waals surface area contributed by atoms with Crippen LogP contribution in [0.5, 0.6) is 0 Å². The van der Waals surface area contributed by atoms with Gasteiger partial charge in [0, 0.05) is 25.4 Å². The third kappa shape index (κ3) is 9.00. The number of unbranched alkanes of at least 4 members (excludes halogenated alkanes) is 8. The molecule has 0 saturated heterocycles. The fourth-order valence-corrected chi connectivity index (χ4v) is 3.11. The highest BCUT2D eigenvalue weighted by Crippen LogP contribution is 2.11. The molecule has 26 heavy (non-hydrogen) atoms. The molecule has 1 aromatic carbocycles. The van der Waals surface area contributed by atoms with E-state index in [1.807, 2.05) is 18.5 Å². The number of imidazole rings is 1. The van der Waals surface area contributed by atoms with Crippen molar-refractivity contribution in [1.29, 1.82) is 0 Å². The van der Waals surface area contributed by atoms with E-state index in [2.05, 4.69) is 40.8 Å². The van der Waals surface area contributed by atoms with Crippen molar-refractivity contribution in [1.82, 2.24) is 9.97 Å². The number of aromatic amines is 1. The van der Waals surface area contributed by atoms with Crippen LogP contribution in [0.25, 0.3) is 6.08 Å². The van der Waals surface area contributed by atoms with E-state index in [1.54, 1.807) is 0 Å². The Balaban J connectivity index is 1.32. The van der Waals surface area contributed by atoms with Crippen LogP contribution in [0.2, 0.25) is 0 Å². The van der Waals surface area contributed by atoms with Crippen molar-refractivity contribution in [3.63, 3.8) is 0 Å². The molecule has 1 heterocycles. The summed E-state index contributed by atoms with van der Waals surface area (Å²) in [7, 11) is 0. The predicted molar refractivity (Wildman–Crippen MR) is 110 cm³/mol. The van der Waals surface area contributed by atoms with Gasteiger partial charge in [-0.3, -0.25) is 0 Å². The monoisotopic (exact) mass is 354 g/mol. The molecule has 0 bridgehead atoms. The molecule has 2 rings (SSSR count). The van der Waals surface area contributed by atoms with Crippen LogP contribution in [0.4, 0.5) is 0 Å². The standard InChI is InChI=1S/C23H34N2O/c1-2-21-13-15-22(16-14-21)20-26-19-11-9-7-5-3-4-6-8-10-12-23-24-17-18-25-23/h2,13-18H,1,3-12,19-20H2,(H,24,25). The van der Waals surface area contributed by atoms with Crippen LogP contribution in [-0.4, -0.2) is 16.6 Å². The molecule has 142 valence electrons. The SMILES string of the molecule is C=Cc1ccc(COCCCCCCCCCCCc2ncc[nH]2)cc1. The van der Waals surface area contributed by atoms with Crippen molar-refractivity contribution in [2.24, 2.45) is 0 Å². The Bertz CT molecular complexity index is 575. The number of hydrogen-bond donors (Lipinski definition) is 1. The molecule has 0 radical (unpaired) electrons. The van der Waals surface area contributed by atoms with Gasteiger partial charge < -0.3 is 9.72 Å². The van der Waals surface area contributed by atoms with Gasteiger partial charge >= 0.3 is 0 Å². The summed E-state index contributed by atoms with van der Waals surface area (Å²) in [6, 6.07) is 8.41. The Labute approximate surface area is 158 Å². The van der Waals surface area contributed by atoms with Crippen molar-refractivity contribution in [2.75, 3.05) is 6.61 Å². The lowest BCUT2D eigenvalue weighted by molar-refractivity contribution is 0.116. The summed E-state index contributed by atoms with van der Waals surface area (Å²) in [5.41, 5.74) is 2.40. The number of nitrogens with zero attached hydrogens (tertiary/aromatic N) is 1. The van der Waals surface area contributed by atoms with Crippen molar-refractivity contribution in [2.45, 2.75) is 70.8 Å². The average Bonchev–Trinajstić information content (AvgIpc) is 3.19. The minimum atomic E-state index is 0.718. The first kappa shape index (κ1) is 20.4. The highest BCUT2D eigenvalue weighted by Gasteiger charge is 1.97. The Morgan fingerprint density at radius 2 is 1.54 bits per heavy atom. The minimum absolute atomic E-state index is 0.718. The summed E-state index contributed by atoms with van der Waals surface area (Å²) >= 11 is 0. The van der Waals surface area contributed by atoms with E-state index in [0.717, 1.165) is 31.0 Å². The fourth-order valence-electron chi connectivity index (χ4n) is 3.11. The molecule has 0 aliphatic heterocycles. The van der Waals surface area contributed by atoms with E-state index < -0.39 is 0 Å². The van der Waals surface area contributed by atoms with Crippen LogP contribution in [0, 0.1) is 0 Å². The summed E-state index contributed by atoms with van der Waals surface area (Å²) < 4.78 is 5.76. The summed E-state index contributed by atoms with van der Waals surface area (Å²) in [5, 5.41) is 0. The fraction of sp³-hybridized carbons (Fsp3) is 0.522. The lowest BCUT2D eigenvalue weighted by Gasteiger charge is -2.05. The molecule has 1 N–H and O–H groups in total. The highest BCUT2D eigenvalue weighted by atomic mass is 16.5. The second-order valence-electron chi connectivity index (χ2n) is 6.97. The third-order valence-corrected chi connectivity index (χ3v) is 4.74. The van der Waals surface area contributed by atoms with Crippen molar-refractivity contribution in [3.8, 4) is 0 Å². The highest BCUT2D eigenvalue weighted by molar-refractivity contribution is 5.47. The Morgan fingerprint density at radius 1 is 0.885 bits per heavy atom. The number of benzene rings is 1. The zero-order valence-electron chi connectivity index (χ0n) is 16.1. The molecule has 0 saturated carbocycles. The van der Waals surface area contributed by atoms with Gasteiger partial charge in [-0.25, -0.2) is 4.98 Å². The predicted octanol–water partition coefficient (Wildman–Crippen LogP) is 6.32. The van der Waals surface area contributed by atoms with Crippen LogP contribution in [0.3, 0.4) is 0 Å². The quantitative estimate of drug-likeness (QED) is 0.380. The molecule has 3 heteroatoms. The van der Waals surface area contributed by atoms with Crippen molar-refractivity contribution < 1.29 is 4.74 Å². The van der Waals surface area contributed by atoms with E-state index in [-0.39, 0.29) is 0 Å². The van der Waals surface area contributed by atoms with Gasteiger partial charge in [-0.1, -0.05) is 81.9 Å². The molecule has 0 aliphatic carbocycles. The smallest absolute Gasteiger partial charge is 0.105 e. The summed E-state index contributed by atoms with van der Waals surface area (Å²) in [5.74, 6) is 1.13. The van der Waals surface area contributed by atoms with E-state index in [9.17, 15) is 0 Å². The van der Waals surface area contributed by atoms with E-state index in [1.165, 1.54) is 63.4 Å². The second-order valence-corrected chi connectivity index (χ2v) is 6.97. The molecule has 0 fully saturated rings. The molecule has 0 aliphatic rings. The second kappa shape index (κ2) is 13.3. The Hall–Kier alpha value is -1.87. The van der Waals surface area contributed by atoms with Gasteiger partial charge in [-0.05, 0) is 24.0 Å². The van der Waals surface area contributed by atoms with Crippen LogP contribution in [0.1, 0.15) is 74.7 Å². The van der Waals surface area contributed by atoms with Crippen LogP contribution >= 0.6 is 0 Å². The van der Waals surface area contributed by atoms with Gasteiger partial charge in [-0.2, -0.15) is 0 Å². The van der Waals surface area contributed by atoms with Gasteiger partial charge in [0.25, 0.3) is 0 Å². The van der Waals surface area contributed by atoms with Gasteiger partial charge in [0.15, 0.2) is 0 Å². The molecule has 0 atom stereocenters. The maximum atomic E-state index is 5.76. The summed E-state index contributed by atoms with van der Waals surface area (Å²) in [6.07, 6.45) is 18.5. The number of ether oxygens (including phenoxy) is 1. The molecular weight excluding hydrogens is 320 g/mol. The van der Waals surface area contributed by atoms with Gasteiger partial charge in [-0.15, -0.1) is 0 Å². The maximum Gasteiger partial charge on any atom is 0.105 e. The van der Waals surface area contributed by atoms with Gasteiger partial charge in [0.2, 0.25) is 0 Å². The van der Waals surface area contributed by atoms with E-state index in [0.29, 0.717) is 0 Å². The van der Waals surface area contributed by atoms with Crippen LogP contribution < -0.4 is 0 Å². The van der Waals surface area contributed by atoms with Crippen LogP contribution in [0.15, 0.2) is 43.2 Å². The summed E-state index contributed by atoms with van der Waals surface area (Å²) in [6.45, 7) is 5.36. The number of rotatable bonds is 15. The third-order valence-electron chi connectivity index (χ3n) is 4.74. The minimum Gasteiger partial charge on any atom is -0.377 e. The maximum absolute atomic E-state index is 5.76. The first-order chi connectivity index (χ1) is 12.9. The summed E-state index contributed by atoms with van der Waals surface area (Å²) in [4.78, 5) is 7.43. The Kier molecular flexibility index (Phi) is 10.5. The first-order valence-electron chi connectivity index (χ1n) is 10.2. The lowest BCUT2D eigenvalue weighted by atomic mass is 10.1. The molecule has 1 aromatic heterocycles. The topological polar surface area (TPSA) is 37.9 Å². The van der Waals surface area contributed by atoms with E-state index >= 15 is 0 Å². The average molecular weight is 355 g/mol. The van der Waals surface area contributed by atoms with Crippen LogP contribution in [-0.2, 0) is 17.8 Å². The molecule has 0 amide bonds. The number of nitrogens with one attached hydrogen (secondary N) is 1. The van der Waals surface area contributed by atoms with Gasteiger partial charge in [0.1, 0.15) is 5.82 Å². The van der Waals surface area contributed by atoms with E-state index in [4.69, 9.17) is 4.74 Å². The first-order valence-corrected chi connectivity index (χ1v) is 10.2. The molecule has 0 spiro atoms. The zero-order valence-corrected chi connectivity index (χ0v) is 16.1. The zero-order chi connectivity index (χ0) is 18.3.